The fraction of sp³-hybridized carbons (Fsp3) is 0.462. The van der Waals surface area contributed by atoms with Gasteiger partial charge in [0.1, 0.15) is 0 Å². The SMILES string of the molecule is CC(C(=O)Nc1ccc(Cl)cc1Br)N1CCNCC1. The standard InChI is InChI=1S/C13H17BrClN3O/c1-9(18-6-4-16-5-7-18)13(19)17-12-3-2-10(15)8-11(12)14/h2-3,8-9,16H,4-7H2,1H3,(H,17,19). The van der Waals surface area contributed by atoms with Crippen molar-refractivity contribution in [2.45, 2.75) is 13.0 Å². The van der Waals surface area contributed by atoms with E-state index in [0.29, 0.717) is 5.02 Å². The molecule has 1 fully saturated rings. The Kier molecular flexibility index (Phi) is 5.21. The molecule has 0 aliphatic carbocycles. The van der Waals surface area contributed by atoms with Crippen LogP contribution in [0.25, 0.3) is 0 Å². The van der Waals surface area contributed by atoms with Gasteiger partial charge in [-0.3, -0.25) is 9.69 Å². The molecule has 2 N–H and O–H groups in total. The number of carbonyl (C=O) groups is 1. The van der Waals surface area contributed by atoms with Crippen molar-refractivity contribution in [3.8, 4) is 0 Å². The van der Waals surface area contributed by atoms with E-state index in [1.54, 1.807) is 18.2 Å². The first kappa shape index (κ1) is 14.8. The number of rotatable bonds is 3. The summed E-state index contributed by atoms with van der Waals surface area (Å²) in [4.78, 5) is 14.4. The minimum absolute atomic E-state index is 0.00456. The average Bonchev–Trinajstić information content (AvgIpc) is 2.42. The summed E-state index contributed by atoms with van der Waals surface area (Å²) in [6.45, 7) is 5.60. The van der Waals surface area contributed by atoms with Crippen molar-refractivity contribution in [1.29, 1.82) is 0 Å². The van der Waals surface area contributed by atoms with E-state index < -0.39 is 0 Å². The molecule has 2 rings (SSSR count). The summed E-state index contributed by atoms with van der Waals surface area (Å²) in [5.74, 6) is 0.00456. The Morgan fingerprint density at radius 3 is 2.79 bits per heavy atom. The van der Waals surface area contributed by atoms with Gasteiger partial charge >= 0.3 is 0 Å². The molecule has 4 nitrogen and oxygen atoms in total. The highest BCUT2D eigenvalue weighted by molar-refractivity contribution is 9.10. The van der Waals surface area contributed by atoms with Crippen molar-refractivity contribution in [1.82, 2.24) is 10.2 Å². The van der Waals surface area contributed by atoms with E-state index in [4.69, 9.17) is 11.6 Å². The first-order valence-corrected chi connectivity index (χ1v) is 7.45. The molecule has 1 aliphatic heterocycles. The number of nitrogens with one attached hydrogen (secondary N) is 2. The van der Waals surface area contributed by atoms with Gasteiger partial charge in [0, 0.05) is 35.7 Å². The lowest BCUT2D eigenvalue weighted by atomic mass is 10.2. The van der Waals surface area contributed by atoms with E-state index in [9.17, 15) is 4.79 Å². The third-order valence-electron chi connectivity index (χ3n) is 3.27. The number of piperazine rings is 1. The highest BCUT2D eigenvalue weighted by atomic mass is 79.9. The summed E-state index contributed by atoms with van der Waals surface area (Å²) in [5.41, 5.74) is 0.747. The summed E-state index contributed by atoms with van der Waals surface area (Å²) in [5, 5.41) is 6.84. The normalized spacial score (nSPS) is 18.1. The van der Waals surface area contributed by atoms with Gasteiger partial charge in [-0.15, -0.1) is 0 Å². The van der Waals surface area contributed by atoms with Crippen LogP contribution in [0.2, 0.25) is 5.02 Å². The summed E-state index contributed by atoms with van der Waals surface area (Å²) in [6, 6.07) is 5.20. The predicted octanol–water partition coefficient (Wildman–Crippen LogP) is 2.33. The van der Waals surface area contributed by atoms with Crippen molar-refractivity contribution in [3.63, 3.8) is 0 Å². The monoisotopic (exact) mass is 345 g/mol. The smallest absolute Gasteiger partial charge is 0.241 e. The molecule has 1 amide bonds. The summed E-state index contributed by atoms with van der Waals surface area (Å²) < 4.78 is 0.792. The minimum Gasteiger partial charge on any atom is -0.324 e. The number of hydrogen-bond acceptors (Lipinski definition) is 3. The largest absolute Gasteiger partial charge is 0.324 e. The lowest BCUT2D eigenvalue weighted by molar-refractivity contribution is -0.120. The maximum atomic E-state index is 12.2. The van der Waals surface area contributed by atoms with Crippen molar-refractivity contribution >= 4 is 39.1 Å². The Bertz CT molecular complexity index is 463. The van der Waals surface area contributed by atoms with Crippen molar-refractivity contribution in [2.75, 3.05) is 31.5 Å². The molecule has 1 aliphatic rings. The fourth-order valence-corrected chi connectivity index (χ4v) is 2.85. The number of nitrogens with zero attached hydrogens (tertiary/aromatic N) is 1. The second-order valence-corrected chi connectivity index (χ2v) is 5.87. The number of carbonyl (C=O) groups excluding carboxylic acids is 1. The quantitative estimate of drug-likeness (QED) is 0.883. The Labute approximate surface area is 126 Å². The number of anilines is 1. The summed E-state index contributed by atoms with van der Waals surface area (Å²) >= 11 is 9.28. The van der Waals surface area contributed by atoms with E-state index >= 15 is 0 Å². The number of hydrogen-bond donors (Lipinski definition) is 2. The van der Waals surface area contributed by atoms with Gasteiger partial charge in [-0.2, -0.15) is 0 Å². The van der Waals surface area contributed by atoms with E-state index in [0.717, 1.165) is 36.3 Å². The molecule has 1 aromatic rings. The fourth-order valence-electron chi connectivity index (χ4n) is 2.06. The van der Waals surface area contributed by atoms with E-state index in [2.05, 4.69) is 31.5 Å². The first-order chi connectivity index (χ1) is 9.08. The van der Waals surface area contributed by atoms with E-state index in [1.165, 1.54) is 0 Å². The molecule has 19 heavy (non-hydrogen) atoms. The van der Waals surface area contributed by atoms with Crippen LogP contribution in [0, 0.1) is 0 Å². The van der Waals surface area contributed by atoms with Gasteiger partial charge < -0.3 is 10.6 Å². The Balaban J connectivity index is 1.99. The molecule has 0 saturated carbocycles. The zero-order valence-corrected chi connectivity index (χ0v) is 13.1. The van der Waals surface area contributed by atoms with Crippen molar-refractivity contribution < 1.29 is 4.79 Å². The van der Waals surface area contributed by atoms with Crippen LogP contribution in [0.4, 0.5) is 5.69 Å². The van der Waals surface area contributed by atoms with Gasteiger partial charge in [-0.1, -0.05) is 11.6 Å². The lowest BCUT2D eigenvalue weighted by Crippen LogP contribution is -2.51. The van der Waals surface area contributed by atoms with Crippen molar-refractivity contribution in [2.24, 2.45) is 0 Å². The zero-order valence-electron chi connectivity index (χ0n) is 10.7. The molecule has 1 atom stereocenters. The van der Waals surface area contributed by atoms with Crippen LogP contribution in [0.5, 0.6) is 0 Å². The maximum Gasteiger partial charge on any atom is 0.241 e. The van der Waals surface area contributed by atoms with Gasteiger partial charge in [-0.25, -0.2) is 0 Å². The van der Waals surface area contributed by atoms with E-state index in [1.807, 2.05) is 6.92 Å². The van der Waals surface area contributed by atoms with Crippen LogP contribution in [0.3, 0.4) is 0 Å². The minimum atomic E-state index is -0.135. The summed E-state index contributed by atoms with van der Waals surface area (Å²) in [6.07, 6.45) is 0. The molecule has 1 heterocycles. The highest BCUT2D eigenvalue weighted by Gasteiger charge is 2.23. The second-order valence-electron chi connectivity index (χ2n) is 4.58. The van der Waals surface area contributed by atoms with Crippen LogP contribution in [0.1, 0.15) is 6.92 Å². The predicted molar refractivity (Wildman–Crippen MR) is 81.7 cm³/mol. The number of benzene rings is 1. The third kappa shape index (κ3) is 3.92. The Hall–Kier alpha value is -0.620. The molecule has 104 valence electrons. The maximum absolute atomic E-state index is 12.2. The molecule has 6 heteroatoms. The van der Waals surface area contributed by atoms with E-state index in [-0.39, 0.29) is 11.9 Å². The average molecular weight is 347 g/mol. The van der Waals surface area contributed by atoms with Gasteiger partial charge in [0.05, 0.1) is 11.7 Å². The topological polar surface area (TPSA) is 44.4 Å². The van der Waals surface area contributed by atoms with Crippen LogP contribution in [-0.2, 0) is 4.79 Å². The third-order valence-corrected chi connectivity index (χ3v) is 4.16. The molecule has 0 spiro atoms. The van der Waals surface area contributed by atoms with Gasteiger partial charge in [-0.05, 0) is 41.1 Å². The Morgan fingerprint density at radius 2 is 2.16 bits per heavy atom. The summed E-state index contributed by atoms with van der Waals surface area (Å²) in [7, 11) is 0. The van der Waals surface area contributed by atoms with Crippen LogP contribution in [-0.4, -0.2) is 43.0 Å². The molecule has 0 aromatic heterocycles. The van der Waals surface area contributed by atoms with Gasteiger partial charge in [0.15, 0.2) is 0 Å². The first-order valence-electron chi connectivity index (χ1n) is 6.28. The zero-order chi connectivity index (χ0) is 13.8. The number of halogens is 2. The number of amides is 1. The molecular formula is C13H17BrClN3O. The molecule has 1 aromatic carbocycles. The van der Waals surface area contributed by atoms with Crippen LogP contribution < -0.4 is 10.6 Å². The molecule has 1 unspecified atom stereocenters. The second kappa shape index (κ2) is 6.70. The van der Waals surface area contributed by atoms with Crippen LogP contribution in [0.15, 0.2) is 22.7 Å². The molecule has 0 bridgehead atoms. The van der Waals surface area contributed by atoms with Gasteiger partial charge in [0.2, 0.25) is 5.91 Å². The lowest BCUT2D eigenvalue weighted by Gasteiger charge is -2.31. The molecule has 0 radical (unpaired) electrons. The van der Waals surface area contributed by atoms with Crippen LogP contribution >= 0.6 is 27.5 Å². The highest BCUT2D eigenvalue weighted by Crippen LogP contribution is 2.26. The van der Waals surface area contributed by atoms with Gasteiger partial charge in [0.25, 0.3) is 0 Å². The molecular weight excluding hydrogens is 330 g/mol. The van der Waals surface area contributed by atoms with Crippen molar-refractivity contribution in [3.05, 3.63) is 27.7 Å². The Morgan fingerprint density at radius 1 is 1.47 bits per heavy atom. The molecule has 1 saturated heterocycles.